The molecule has 0 saturated heterocycles. The van der Waals surface area contributed by atoms with Crippen molar-refractivity contribution in [3.63, 3.8) is 0 Å². The molecule has 7 nitrogen and oxygen atoms in total. The van der Waals surface area contributed by atoms with Crippen molar-refractivity contribution in [2.24, 2.45) is 5.14 Å². The minimum absolute atomic E-state index is 0.144. The molecule has 0 atom stereocenters. The Morgan fingerprint density at radius 2 is 2.07 bits per heavy atom. The molecule has 1 heterocycles. The molecule has 86 valence electrons. The number of primary sulfonamides is 1. The van der Waals surface area contributed by atoms with Crippen molar-refractivity contribution in [1.82, 2.24) is 14.8 Å². The van der Waals surface area contributed by atoms with E-state index >= 15 is 0 Å². The van der Waals surface area contributed by atoms with Crippen molar-refractivity contribution in [2.75, 3.05) is 6.61 Å². The molecule has 0 fully saturated rings. The van der Waals surface area contributed by atoms with Crippen LogP contribution in [0.15, 0.2) is 5.16 Å². The van der Waals surface area contributed by atoms with Crippen LogP contribution in [0.5, 0.6) is 6.01 Å². The van der Waals surface area contributed by atoms with Gasteiger partial charge >= 0.3 is 6.01 Å². The molecular weight excluding hydrogens is 220 g/mol. The van der Waals surface area contributed by atoms with E-state index in [0.717, 1.165) is 0 Å². The van der Waals surface area contributed by atoms with E-state index in [0.29, 0.717) is 6.61 Å². The van der Waals surface area contributed by atoms with E-state index in [1.807, 2.05) is 0 Å². The highest BCUT2D eigenvalue weighted by Crippen LogP contribution is 2.19. The van der Waals surface area contributed by atoms with Gasteiger partial charge in [-0.2, -0.15) is 0 Å². The van der Waals surface area contributed by atoms with Crippen LogP contribution in [0.25, 0.3) is 0 Å². The third-order valence-corrected chi connectivity index (χ3v) is 2.46. The Balaban J connectivity index is 3.31. The highest BCUT2D eigenvalue weighted by atomic mass is 32.2. The zero-order valence-electron chi connectivity index (χ0n) is 8.84. The maximum Gasteiger partial charge on any atom is 0.318 e. The van der Waals surface area contributed by atoms with E-state index in [4.69, 9.17) is 9.88 Å². The second-order valence-electron chi connectivity index (χ2n) is 3.21. The molecule has 0 amide bonds. The summed E-state index contributed by atoms with van der Waals surface area (Å²) in [6.07, 6.45) is 0. The zero-order chi connectivity index (χ0) is 11.6. The normalized spacial score (nSPS) is 12.1. The lowest BCUT2D eigenvalue weighted by atomic mass is 10.4. The molecule has 0 aliphatic carbocycles. The van der Waals surface area contributed by atoms with Gasteiger partial charge in [0.15, 0.2) is 0 Å². The standard InChI is InChI=1S/C7H14N4O3S/c1-4-14-6-9-10-7(15(8,12)13)11(6)5(2)3/h5H,4H2,1-3H3,(H2,8,12,13). The van der Waals surface area contributed by atoms with Crippen molar-refractivity contribution in [1.29, 1.82) is 0 Å². The summed E-state index contributed by atoms with van der Waals surface area (Å²) in [5, 5.41) is 11.8. The Kier molecular flexibility index (Phi) is 3.30. The number of aromatic nitrogens is 3. The van der Waals surface area contributed by atoms with Gasteiger partial charge in [0.25, 0.3) is 15.2 Å². The fourth-order valence-corrected chi connectivity index (χ4v) is 1.84. The van der Waals surface area contributed by atoms with Gasteiger partial charge in [-0.3, -0.25) is 4.57 Å². The summed E-state index contributed by atoms with van der Waals surface area (Å²) in [7, 11) is -3.87. The second kappa shape index (κ2) is 4.15. The first-order valence-corrected chi connectivity index (χ1v) is 6.03. The van der Waals surface area contributed by atoms with Crippen LogP contribution in [0.3, 0.4) is 0 Å². The van der Waals surface area contributed by atoms with Crippen LogP contribution in [0, 0.1) is 0 Å². The molecule has 15 heavy (non-hydrogen) atoms. The SMILES string of the molecule is CCOc1nnc(S(N)(=O)=O)n1C(C)C. The molecule has 0 aliphatic heterocycles. The minimum Gasteiger partial charge on any atom is -0.464 e. The van der Waals surface area contributed by atoms with Crippen molar-refractivity contribution in [3.05, 3.63) is 0 Å². The highest BCUT2D eigenvalue weighted by molar-refractivity contribution is 7.89. The minimum atomic E-state index is -3.87. The summed E-state index contributed by atoms with van der Waals surface area (Å²) in [5.74, 6) is 0. The van der Waals surface area contributed by atoms with E-state index in [2.05, 4.69) is 10.2 Å². The maximum absolute atomic E-state index is 11.2. The lowest BCUT2D eigenvalue weighted by Gasteiger charge is -2.11. The van der Waals surface area contributed by atoms with E-state index in [1.54, 1.807) is 20.8 Å². The number of hydrogen-bond acceptors (Lipinski definition) is 5. The smallest absolute Gasteiger partial charge is 0.318 e. The van der Waals surface area contributed by atoms with Gasteiger partial charge in [-0.05, 0) is 20.8 Å². The van der Waals surface area contributed by atoms with Gasteiger partial charge in [0.05, 0.1) is 6.61 Å². The van der Waals surface area contributed by atoms with Gasteiger partial charge in [0.2, 0.25) is 0 Å². The fraction of sp³-hybridized carbons (Fsp3) is 0.714. The Labute approximate surface area is 88.3 Å². The number of sulfonamides is 1. The Morgan fingerprint density at radius 1 is 1.47 bits per heavy atom. The molecule has 1 aromatic heterocycles. The van der Waals surface area contributed by atoms with E-state index < -0.39 is 10.0 Å². The van der Waals surface area contributed by atoms with Crippen LogP contribution in [-0.4, -0.2) is 29.8 Å². The maximum atomic E-state index is 11.2. The van der Waals surface area contributed by atoms with Gasteiger partial charge < -0.3 is 4.74 Å². The lowest BCUT2D eigenvalue weighted by Crippen LogP contribution is -2.20. The third-order valence-electron chi connectivity index (χ3n) is 1.68. The first-order valence-electron chi connectivity index (χ1n) is 4.48. The van der Waals surface area contributed by atoms with Crippen LogP contribution in [-0.2, 0) is 10.0 Å². The van der Waals surface area contributed by atoms with Gasteiger partial charge in [0.1, 0.15) is 0 Å². The summed E-state index contributed by atoms with van der Waals surface area (Å²) in [4.78, 5) is 0. The molecule has 8 heteroatoms. The first kappa shape index (κ1) is 11.9. The van der Waals surface area contributed by atoms with E-state index in [1.165, 1.54) is 4.57 Å². The van der Waals surface area contributed by atoms with Crippen LogP contribution in [0.2, 0.25) is 0 Å². The Bertz CT molecular complexity index is 437. The number of rotatable bonds is 4. The molecule has 0 unspecified atom stereocenters. The number of nitrogens with zero attached hydrogens (tertiary/aromatic N) is 3. The topological polar surface area (TPSA) is 100 Å². The summed E-state index contributed by atoms with van der Waals surface area (Å²) in [6, 6.07) is 0.0198. The van der Waals surface area contributed by atoms with Crippen LogP contribution in [0.1, 0.15) is 26.8 Å². The largest absolute Gasteiger partial charge is 0.464 e. The molecule has 0 radical (unpaired) electrons. The first-order chi connectivity index (χ1) is 6.88. The summed E-state index contributed by atoms with van der Waals surface area (Å²) >= 11 is 0. The third kappa shape index (κ3) is 2.45. The van der Waals surface area contributed by atoms with Gasteiger partial charge in [-0.15, -0.1) is 5.10 Å². The molecular formula is C7H14N4O3S. The molecule has 0 aromatic carbocycles. The van der Waals surface area contributed by atoms with Crippen molar-refractivity contribution < 1.29 is 13.2 Å². The molecule has 1 aromatic rings. The molecule has 0 aliphatic rings. The highest BCUT2D eigenvalue weighted by Gasteiger charge is 2.23. The lowest BCUT2D eigenvalue weighted by molar-refractivity contribution is 0.284. The predicted octanol–water partition coefficient (Wildman–Crippen LogP) is -0.0949. The quantitative estimate of drug-likeness (QED) is 0.784. The zero-order valence-corrected chi connectivity index (χ0v) is 9.65. The van der Waals surface area contributed by atoms with Gasteiger partial charge in [0, 0.05) is 6.04 Å². The Morgan fingerprint density at radius 3 is 2.47 bits per heavy atom. The van der Waals surface area contributed by atoms with Crippen LogP contribution in [0.4, 0.5) is 0 Å². The van der Waals surface area contributed by atoms with Crippen molar-refractivity contribution >= 4 is 10.0 Å². The van der Waals surface area contributed by atoms with E-state index in [-0.39, 0.29) is 17.2 Å². The predicted molar refractivity (Wildman–Crippen MR) is 52.9 cm³/mol. The molecule has 0 saturated carbocycles. The summed E-state index contributed by atoms with van der Waals surface area (Å²) < 4.78 is 28.8. The van der Waals surface area contributed by atoms with Crippen molar-refractivity contribution in [2.45, 2.75) is 32.0 Å². The number of hydrogen-bond donors (Lipinski definition) is 1. The molecule has 2 N–H and O–H groups in total. The monoisotopic (exact) mass is 234 g/mol. The molecule has 0 spiro atoms. The van der Waals surface area contributed by atoms with E-state index in [9.17, 15) is 8.42 Å². The number of ether oxygens (including phenoxy) is 1. The molecule has 0 bridgehead atoms. The van der Waals surface area contributed by atoms with Crippen molar-refractivity contribution in [3.8, 4) is 6.01 Å². The Hall–Kier alpha value is -1.15. The molecule has 1 rings (SSSR count). The van der Waals surface area contributed by atoms with Gasteiger partial charge in [-0.1, -0.05) is 5.10 Å². The van der Waals surface area contributed by atoms with Gasteiger partial charge in [-0.25, -0.2) is 13.6 Å². The summed E-state index contributed by atoms with van der Waals surface area (Å²) in [5.41, 5.74) is 0. The average molecular weight is 234 g/mol. The average Bonchev–Trinajstić information content (AvgIpc) is 2.47. The fourth-order valence-electron chi connectivity index (χ4n) is 1.13. The second-order valence-corrected chi connectivity index (χ2v) is 4.66. The summed E-state index contributed by atoms with van der Waals surface area (Å²) in [6.45, 7) is 5.74. The van der Waals surface area contributed by atoms with Crippen LogP contribution < -0.4 is 9.88 Å². The number of nitrogens with two attached hydrogens (primary N) is 1. The van der Waals surface area contributed by atoms with Crippen LogP contribution >= 0.6 is 0 Å².